The highest BCUT2D eigenvalue weighted by Crippen LogP contribution is 2.35. The SMILES string of the molecule is CCOC(=O)C(Nc1ccc(C(=N)NC(=O)OCc2ccccc2)cc1)c1cc(OCC)c(OCCO)cc1F. The summed E-state index contributed by atoms with van der Waals surface area (Å²) in [5, 5.41) is 22.6. The van der Waals surface area contributed by atoms with E-state index in [1.165, 1.54) is 6.07 Å². The maximum absolute atomic E-state index is 15.2. The Morgan fingerprint density at radius 1 is 0.950 bits per heavy atom. The van der Waals surface area contributed by atoms with Gasteiger partial charge in [0.05, 0.1) is 19.8 Å². The minimum absolute atomic E-state index is 0.0297. The summed E-state index contributed by atoms with van der Waals surface area (Å²) < 4.78 is 36.4. The summed E-state index contributed by atoms with van der Waals surface area (Å²) in [7, 11) is 0. The van der Waals surface area contributed by atoms with E-state index in [4.69, 9.17) is 29.5 Å². The van der Waals surface area contributed by atoms with Crippen LogP contribution in [0.5, 0.6) is 11.5 Å². The van der Waals surface area contributed by atoms with Crippen LogP contribution in [-0.2, 0) is 20.9 Å². The van der Waals surface area contributed by atoms with Crippen molar-refractivity contribution >= 4 is 23.6 Å². The molecule has 1 unspecified atom stereocenters. The Hall–Kier alpha value is -4.64. The van der Waals surface area contributed by atoms with Crippen LogP contribution in [0.3, 0.4) is 0 Å². The van der Waals surface area contributed by atoms with E-state index in [0.717, 1.165) is 11.6 Å². The molecule has 11 heteroatoms. The number of carbonyl (C=O) groups is 2. The first-order valence-electron chi connectivity index (χ1n) is 12.7. The summed E-state index contributed by atoms with van der Waals surface area (Å²) in [6.45, 7) is 3.47. The summed E-state index contributed by atoms with van der Waals surface area (Å²) in [6, 6.07) is 16.6. The molecule has 0 bridgehead atoms. The summed E-state index contributed by atoms with van der Waals surface area (Å²) in [5.74, 6) is -1.33. The average Bonchev–Trinajstić information content (AvgIpc) is 2.96. The predicted molar refractivity (Wildman–Crippen MR) is 146 cm³/mol. The first-order chi connectivity index (χ1) is 19.4. The zero-order valence-electron chi connectivity index (χ0n) is 22.2. The number of carbonyl (C=O) groups excluding carboxylic acids is 2. The molecule has 0 aromatic heterocycles. The fraction of sp³-hybridized carbons (Fsp3) is 0.276. The van der Waals surface area contributed by atoms with E-state index >= 15 is 4.39 Å². The summed E-state index contributed by atoms with van der Waals surface area (Å²) in [5.41, 5.74) is 1.59. The topological polar surface area (TPSA) is 139 Å². The lowest BCUT2D eigenvalue weighted by molar-refractivity contribution is -0.144. The number of rotatable bonds is 13. The number of ether oxygens (including phenoxy) is 4. The monoisotopic (exact) mass is 553 g/mol. The summed E-state index contributed by atoms with van der Waals surface area (Å²) in [4.78, 5) is 24.9. The van der Waals surface area contributed by atoms with Gasteiger partial charge in [0.1, 0.15) is 24.9 Å². The lowest BCUT2D eigenvalue weighted by Crippen LogP contribution is -2.31. The molecule has 4 N–H and O–H groups in total. The van der Waals surface area contributed by atoms with Crippen LogP contribution >= 0.6 is 0 Å². The minimum Gasteiger partial charge on any atom is -0.490 e. The van der Waals surface area contributed by atoms with Crippen molar-refractivity contribution in [3.8, 4) is 11.5 Å². The average molecular weight is 554 g/mol. The highest BCUT2D eigenvalue weighted by Gasteiger charge is 2.27. The Morgan fingerprint density at radius 3 is 2.30 bits per heavy atom. The van der Waals surface area contributed by atoms with E-state index in [2.05, 4.69) is 10.6 Å². The number of benzene rings is 3. The normalized spacial score (nSPS) is 11.2. The van der Waals surface area contributed by atoms with Gasteiger partial charge in [-0.25, -0.2) is 14.0 Å². The zero-order chi connectivity index (χ0) is 28.9. The molecule has 0 radical (unpaired) electrons. The second-order valence-corrected chi connectivity index (χ2v) is 8.29. The third kappa shape index (κ3) is 8.43. The second-order valence-electron chi connectivity index (χ2n) is 8.29. The number of aliphatic hydroxyl groups excluding tert-OH is 1. The number of esters is 1. The Bertz CT molecular complexity index is 1290. The number of hydrogen-bond acceptors (Lipinski definition) is 9. The van der Waals surface area contributed by atoms with Gasteiger partial charge >= 0.3 is 12.1 Å². The molecule has 0 saturated carbocycles. The van der Waals surface area contributed by atoms with Gasteiger partial charge in [-0.1, -0.05) is 30.3 Å². The van der Waals surface area contributed by atoms with Crippen LogP contribution in [0.25, 0.3) is 0 Å². The molecule has 0 saturated heterocycles. The maximum Gasteiger partial charge on any atom is 0.413 e. The van der Waals surface area contributed by atoms with Crippen molar-refractivity contribution in [2.45, 2.75) is 26.5 Å². The quantitative estimate of drug-likeness (QED) is 0.137. The lowest BCUT2D eigenvalue weighted by atomic mass is 10.0. The van der Waals surface area contributed by atoms with Crippen molar-refractivity contribution in [2.24, 2.45) is 0 Å². The number of anilines is 1. The highest BCUT2D eigenvalue weighted by molar-refractivity contribution is 6.04. The number of alkyl carbamates (subject to hydrolysis) is 1. The van der Waals surface area contributed by atoms with Crippen molar-refractivity contribution in [1.29, 1.82) is 5.41 Å². The molecule has 0 aliphatic rings. The third-order valence-corrected chi connectivity index (χ3v) is 5.47. The molecule has 3 aromatic carbocycles. The fourth-order valence-electron chi connectivity index (χ4n) is 3.63. The van der Waals surface area contributed by atoms with E-state index in [0.29, 0.717) is 11.3 Å². The van der Waals surface area contributed by atoms with Gasteiger partial charge in [0.15, 0.2) is 17.5 Å². The van der Waals surface area contributed by atoms with Gasteiger partial charge in [0, 0.05) is 22.9 Å². The minimum atomic E-state index is -1.23. The molecule has 212 valence electrons. The van der Waals surface area contributed by atoms with Crippen molar-refractivity contribution in [1.82, 2.24) is 5.32 Å². The highest BCUT2D eigenvalue weighted by atomic mass is 19.1. The molecule has 1 atom stereocenters. The van der Waals surface area contributed by atoms with Crippen LogP contribution in [0.15, 0.2) is 66.7 Å². The van der Waals surface area contributed by atoms with Gasteiger partial charge in [-0.3, -0.25) is 10.7 Å². The van der Waals surface area contributed by atoms with Gasteiger partial charge in [-0.15, -0.1) is 0 Å². The van der Waals surface area contributed by atoms with Crippen LogP contribution in [0.1, 0.15) is 36.6 Å². The Balaban J connectivity index is 1.74. The van der Waals surface area contributed by atoms with E-state index < -0.39 is 23.9 Å². The van der Waals surface area contributed by atoms with Gasteiger partial charge in [0.2, 0.25) is 0 Å². The molecule has 3 aromatic rings. The van der Waals surface area contributed by atoms with Crippen LogP contribution < -0.4 is 20.1 Å². The zero-order valence-corrected chi connectivity index (χ0v) is 22.2. The number of amides is 1. The maximum atomic E-state index is 15.2. The molecule has 0 spiro atoms. The van der Waals surface area contributed by atoms with Crippen molar-refractivity contribution in [3.05, 3.63) is 89.2 Å². The molecule has 10 nitrogen and oxygen atoms in total. The first-order valence-corrected chi connectivity index (χ1v) is 12.7. The number of halogens is 1. The molecule has 0 aliphatic carbocycles. The van der Waals surface area contributed by atoms with E-state index in [9.17, 15) is 9.59 Å². The second kappa shape index (κ2) is 15.1. The molecule has 40 heavy (non-hydrogen) atoms. The van der Waals surface area contributed by atoms with Crippen LogP contribution in [0.2, 0.25) is 0 Å². The summed E-state index contributed by atoms with van der Waals surface area (Å²) in [6.07, 6.45) is -0.773. The van der Waals surface area contributed by atoms with Gasteiger partial charge in [-0.2, -0.15) is 0 Å². The van der Waals surface area contributed by atoms with Crippen molar-refractivity contribution in [2.75, 3.05) is 31.7 Å². The first kappa shape index (κ1) is 29.9. The van der Waals surface area contributed by atoms with E-state index in [1.54, 1.807) is 38.1 Å². The number of nitrogens with one attached hydrogen (secondary N) is 3. The van der Waals surface area contributed by atoms with Gasteiger partial charge in [0.25, 0.3) is 0 Å². The van der Waals surface area contributed by atoms with Crippen LogP contribution in [-0.4, -0.2) is 49.4 Å². The molecule has 0 fully saturated rings. The Morgan fingerprint density at radius 2 is 1.65 bits per heavy atom. The fourth-order valence-corrected chi connectivity index (χ4v) is 3.63. The molecule has 0 aliphatic heterocycles. The van der Waals surface area contributed by atoms with Gasteiger partial charge < -0.3 is 29.4 Å². The molecule has 1 amide bonds. The van der Waals surface area contributed by atoms with Crippen molar-refractivity contribution in [3.63, 3.8) is 0 Å². The predicted octanol–water partition coefficient (Wildman–Crippen LogP) is 4.56. The lowest BCUT2D eigenvalue weighted by Gasteiger charge is -2.21. The van der Waals surface area contributed by atoms with Crippen LogP contribution in [0, 0.1) is 11.2 Å². The molecule has 0 heterocycles. The van der Waals surface area contributed by atoms with Crippen molar-refractivity contribution < 1.29 is 38.0 Å². The third-order valence-electron chi connectivity index (χ3n) is 5.47. The molecule has 3 rings (SSSR count). The standard InChI is InChI=1S/C29H32FN3O7/c1-3-37-24-16-22(23(30)17-25(24)39-15-14-34)26(28(35)38-4-2)32-21-12-10-20(11-13-21)27(31)33-29(36)40-18-19-8-6-5-7-9-19/h5-13,16-17,26,32,34H,3-4,14-15,18H2,1-2H3,(H2,31,33,36). The van der Waals surface area contributed by atoms with Gasteiger partial charge in [-0.05, 0) is 49.7 Å². The van der Waals surface area contributed by atoms with E-state index in [-0.39, 0.29) is 55.9 Å². The number of aliphatic hydroxyl groups is 1. The Kier molecular flexibility index (Phi) is 11.3. The molecular weight excluding hydrogens is 521 g/mol. The van der Waals surface area contributed by atoms with Crippen LogP contribution in [0.4, 0.5) is 14.9 Å². The van der Waals surface area contributed by atoms with E-state index in [1.807, 2.05) is 30.3 Å². The number of amidine groups is 1. The largest absolute Gasteiger partial charge is 0.490 e. The smallest absolute Gasteiger partial charge is 0.413 e. The molecular formula is C29H32FN3O7. The summed E-state index contributed by atoms with van der Waals surface area (Å²) >= 11 is 0. The Labute approximate surface area is 231 Å². The number of hydrogen-bond donors (Lipinski definition) is 4.